The van der Waals surface area contributed by atoms with Crippen molar-refractivity contribution in [1.29, 1.82) is 0 Å². The van der Waals surface area contributed by atoms with Crippen LogP contribution in [0.1, 0.15) is 24.5 Å². The van der Waals surface area contributed by atoms with Gasteiger partial charge in [0, 0.05) is 10.6 Å². The molecule has 0 aliphatic rings. The average molecular weight is 530 g/mol. The van der Waals surface area contributed by atoms with Crippen molar-refractivity contribution in [3.8, 4) is 11.5 Å². The van der Waals surface area contributed by atoms with Crippen LogP contribution >= 0.6 is 11.6 Å². The molecule has 190 valence electrons. The second kappa shape index (κ2) is 11.9. The summed E-state index contributed by atoms with van der Waals surface area (Å²) in [6.45, 7) is 3.15. The zero-order valence-corrected chi connectivity index (χ0v) is 22.1. The van der Waals surface area contributed by atoms with Crippen LogP contribution in [-0.2, 0) is 14.8 Å². The topological polar surface area (TPSA) is 97.3 Å². The predicted octanol–water partition coefficient (Wildman–Crippen LogP) is 4.79. The fourth-order valence-electron chi connectivity index (χ4n) is 3.58. The van der Waals surface area contributed by atoms with Crippen LogP contribution in [0, 0.1) is 6.92 Å². The molecule has 0 aliphatic heterocycles. The van der Waals surface area contributed by atoms with E-state index < -0.39 is 22.5 Å². The summed E-state index contributed by atoms with van der Waals surface area (Å²) < 4.78 is 38.7. The summed E-state index contributed by atoms with van der Waals surface area (Å²) in [7, 11) is -0.967. The van der Waals surface area contributed by atoms with Gasteiger partial charge in [-0.15, -0.1) is 0 Å². The van der Waals surface area contributed by atoms with Crippen LogP contribution in [0.15, 0.2) is 76.7 Å². The minimum Gasteiger partial charge on any atom is -0.493 e. The highest BCUT2D eigenvalue weighted by Gasteiger charge is 2.28. The van der Waals surface area contributed by atoms with Crippen molar-refractivity contribution in [2.75, 3.05) is 25.1 Å². The number of nitrogens with one attached hydrogen (secondary N) is 1. The van der Waals surface area contributed by atoms with E-state index in [1.54, 1.807) is 68.6 Å². The van der Waals surface area contributed by atoms with Gasteiger partial charge in [-0.2, -0.15) is 5.10 Å². The molecule has 10 heteroatoms. The molecule has 36 heavy (non-hydrogen) atoms. The summed E-state index contributed by atoms with van der Waals surface area (Å²) in [4.78, 5) is 13.0. The lowest BCUT2D eigenvalue weighted by atomic mass is 10.1. The van der Waals surface area contributed by atoms with E-state index >= 15 is 0 Å². The van der Waals surface area contributed by atoms with Crippen LogP contribution < -0.4 is 19.2 Å². The molecular formula is C26H28ClN3O5S. The predicted molar refractivity (Wildman–Crippen MR) is 142 cm³/mol. The lowest BCUT2D eigenvalue weighted by Crippen LogP contribution is -2.40. The first-order valence-corrected chi connectivity index (χ1v) is 12.9. The number of halogens is 1. The van der Waals surface area contributed by atoms with Crippen molar-refractivity contribution < 1.29 is 22.7 Å². The van der Waals surface area contributed by atoms with E-state index in [1.807, 2.05) is 6.92 Å². The van der Waals surface area contributed by atoms with E-state index in [1.165, 1.54) is 19.2 Å². The molecular weight excluding hydrogens is 502 g/mol. The summed E-state index contributed by atoms with van der Waals surface area (Å²) in [5, 5.41) is 4.72. The second-order valence-corrected chi connectivity index (χ2v) is 10.1. The minimum absolute atomic E-state index is 0.0650. The zero-order valence-electron chi connectivity index (χ0n) is 20.5. The number of carbonyl (C=O) groups excluding carboxylic acids is 1. The number of anilines is 1. The van der Waals surface area contributed by atoms with Gasteiger partial charge < -0.3 is 9.47 Å². The lowest BCUT2D eigenvalue weighted by molar-refractivity contribution is -0.119. The Kier molecular flexibility index (Phi) is 8.95. The Morgan fingerprint density at radius 1 is 1.00 bits per heavy atom. The molecule has 0 saturated heterocycles. The highest BCUT2D eigenvalue weighted by molar-refractivity contribution is 7.92. The quantitative estimate of drug-likeness (QED) is 0.301. The van der Waals surface area contributed by atoms with Gasteiger partial charge in [0.2, 0.25) is 0 Å². The Morgan fingerprint density at radius 3 is 2.31 bits per heavy atom. The summed E-state index contributed by atoms with van der Waals surface area (Å²) in [6.07, 6.45) is 0.512. The third kappa shape index (κ3) is 6.16. The Balaban J connectivity index is 1.91. The Bertz CT molecular complexity index is 1360. The lowest BCUT2D eigenvalue weighted by Gasteiger charge is -2.25. The molecule has 3 aromatic rings. The number of hydrogen-bond donors (Lipinski definition) is 1. The van der Waals surface area contributed by atoms with Gasteiger partial charge >= 0.3 is 0 Å². The molecule has 0 aliphatic carbocycles. The average Bonchev–Trinajstić information content (AvgIpc) is 2.88. The Labute approximate surface area is 216 Å². The molecule has 0 aromatic heterocycles. The number of methoxy groups -OCH3 is 2. The standard InChI is InChI=1S/C26H28ClN3O5S/c1-5-22(19-11-14-24(34-3)25(16-19)35-4)28-29-26(31)17-30(23-13-12-20(27)15-18(23)2)36(32,33)21-9-7-6-8-10-21/h6-16H,5,17H2,1-4H3,(H,29,31)/b28-22-. The zero-order chi connectivity index (χ0) is 26.3. The number of hydrazone groups is 1. The smallest absolute Gasteiger partial charge is 0.264 e. The second-order valence-electron chi connectivity index (χ2n) is 7.77. The maximum absolute atomic E-state index is 13.5. The first-order chi connectivity index (χ1) is 17.2. The third-order valence-corrected chi connectivity index (χ3v) is 7.42. The number of carbonyl (C=O) groups is 1. The van der Waals surface area contributed by atoms with Crippen LogP contribution in [0.3, 0.4) is 0 Å². The number of rotatable bonds is 10. The van der Waals surface area contributed by atoms with Gasteiger partial charge in [-0.25, -0.2) is 13.8 Å². The Hall–Kier alpha value is -3.56. The van der Waals surface area contributed by atoms with Crippen molar-refractivity contribution in [2.24, 2.45) is 5.10 Å². The SMILES string of the molecule is CC/C(=N/NC(=O)CN(c1ccc(Cl)cc1C)S(=O)(=O)c1ccccc1)c1ccc(OC)c(OC)c1. The van der Waals surface area contributed by atoms with Gasteiger partial charge in [-0.3, -0.25) is 9.10 Å². The number of hydrogen-bond acceptors (Lipinski definition) is 6. The third-order valence-electron chi connectivity index (χ3n) is 5.41. The molecule has 0 bridgehead atoms. The summed E-state index contributed by atoms with van der Waals surface area (Å²) in [5.41, 5.74) is 4.77. The fourth-order valence-corrected chi connectivity index (χ4v) is 5.31. The van der Waals surface area contributed by atoms with Crippen molar-refractivity contribution in [1.82, 2.24) is 5.43 Å². The van der Waals surface area contributed by atoms with Gasteiger partial charge in [0.1, 0.15) is 6.54 Å². The van der Waals surface area contributed by atoms with Gasteiger partial charge in [-0.1, -0.05) is 36.7 Å². The van der Waals surface area contributed by atoms with Crippen LogP contribution in [0.5, 0.6) is 11.5 Å². The van der Waals surface area contributed by atoms with Crippen molar-refractivity contribution in [3.63, 3.8) is 0 Å². The monoisotopic (exact) mass is 529 g/mol. The van der Waals surface area contributed by atoms with Gasteiger partial charge in [0.15, 0.2) is 11.5 Å². The molecule has 0 fully saturated rings. The van der Waals surface area contributed by atoms with Gasteiger partial charge in [-0.05, 0) is 67.4 Å². The number of aryl methyl sites for hydroxylation is 1. The molecule has 0 saturated carbocycles. The number of sulfonamides is 1. The Morgan fingerprint density at radius 2 is 1.69 bits per heavy atom. The van der Waals surface area contributed by atoms with E-state index in [9.17, 15) is 13.2 Å². The molecule has 0 radical (unpaired) electrons. The van der Waals surface area contributed by atoms with E-state index in [2.05, 4.69) is 10.5 Å². The first kappa shape index (κ1) is 27.0. The summed E-state index contributed by atoms with van der Waals surface area (Å²) >= 11 is 6.08. The summed E-state index contributed by atoms with van der Waals surface area (Å²) in [6, 6.07) is 18.1. The first-order valence-electron chi connectivity index (χ1n) is 11.1. The number of ether oxygens (including phenoxy) is 2. The highest BCUT2D eigenvalue weighted by Crippen LogP contribution is 2.29. The molecule has 3 aromatic carbocycles. The van der Waals surface area contributed by atoms with E-state index in [0.29, 0.717) is 39.9 Å². The molecule has 0 atom stereocenters. The largest absolute Gasteiger partial charge is 0.493 e. The van der Waals surface area contributed by atoms with E-state index in [4.69, 9.17) is 21.1 Å². The highest BCUT2D eigenvalue weighted by atomic mass is 35.5. The molecule has 0 heterocycles. The minimum atomic E-state index is -4.05. The van der Waals surface area contributed by atoms with Crippen LogP contribution in [0.2, 0.25) is 5.02 Å². The van der Waals surface area contributed by atoms with Crippen LogP contribution in [-0.4, -0.2) is 40.8 Å². The van der Waals surface area contributed by atoms with Gasteiger partial charge in [0.05, 0.1) is 30.5 Å². The molecule has 1 amide bonds. The molecule has 0 spiro atoms. The van der Waals surface area contributed by atoms with E-state index in [0.717, 1.165) is 9.87 Å². The molecule has 1 N–H and O–H groups in total. The molecule has 0 unspecified atom stereocenters. The normalized spacial score (nSPS) is 11.6. The maximum Gasteiger partial charge on any atom is 0.264 e. The van der Waals surface area contributed by atoms with Crippen molar-refractivity contribution >= 4 is 38.9 Å². The fraction of sp³-hybridized carbons (Fsp3) is 0.231. The molecule has 3 rings (SSSR count). The number of amides is 1. The molecule has 8 nitrogen and oxygen atoms in total. The van der Waals surface area contributed by atoms with Crippen LogP contribution in [0.25, 0.3) is 0 Å². The number of nitrogens with zero attached hydrogens (tertiary/aromatic N) is 2. The maximum atomic E-state index is 13.5. The van der Waals surface area contributed by atoms with Crippen LogP contribution in [0.4, 0.5) is 5.69 Å². The van der Waals surface area contributed by atoms with E-state index in [-0.39, 0.29) is 4.90 Å². The summed E-state index contributed by atoms with van der Waals surface area (Å²) in [5.74, 6) is 0.497. The number of benzene rings is 3. The van der Waals surface area contributed by atoms with Gasteiger partial charge in [0.25, 0.3) is 15.9 Å². The van der Waals surface area contributed by atoms with Crippen molar-refractivity contribution in [2.45, 2.75) is 25.2 Å². The van der Waals surface area contributed by atoms with Crippen molar-refractivity contribution in [3.05, 3.63) is 82.9 Å².